The third kappa shape index (κ3) is 3.05. The van der Waals surface area contributed by atoms with Gasteiger partial charge in [-0.1, -0.05) is 0 Å². The molecule has 0 bridgehead atoms. The van der Waals surface area contributed by atoms with Crippen molar-refractivity contribution in [3.05, 3.63) is 48.9 Å². The van der Waals surface area contributed by atoms with Gasteiger partial charge in [-0.3, -0.25) is 10.1 Å². The van der Waals surface area contributed by atoms with E-state index in [1.165, 1.54) is 6.07 Å². The Bertz CT molecular complexity index is 585. The number of aromatic nitrogens is 1. The van der Waals surface area contributed by atoms with E-state index in [0.717, 1.165) is 10.7 Å². The Labute approximate surface area is 116 Å². The predicted molar refractivity (Wildman–Crippen MR) is 75.0 cm³/mol. The second-order valence-corrected chi connectivity index (χ2v) is 5.46. The van der Waals surface area contributed by atoms with Gasteiger partial charge in [-0.05, 0) is 35.0 Å². The lowest BCUT2D eigenvalue weighted by Gasteiger charge is -2.04. The number of aryl methyl sites for hydroxylation is 1. The van der Waals surface area contributed by atoms with E-state index in [0.29, 0.717) is 16.7 Å². The van der Waals surface area contributed by atoms with Crippen LogP contribution in [-0.2, 0) is 6.54 Å². The van der Waals surface area contributed by atoms with Gasteiger partial charge in [0.25, 0.3) is 5.69 Å². The molecule has 94 valence electrons. The maximum atomic E-state index is 10.8. The zero-order valence-corrected chi connectivity index (χ0v) is 11.9. The standard InChI is InChI=1S/C11H10BrN3O2S/c1-7-6-18-11(14-7)5-13-8-2-3-9(12)10(4-8)15(16)17/h2-4,6,13H,5H2,1H3. The highest BCUT2D eigenvalue weighted by atomic mass is 79.9. The Kier molecular flexibility index (Phi) is 3.93. The number of thiazole rings is 1. The Morgan fingerprint density at radius 2 is 2.33 bits per heavy atom. The molecule has 0 unspecified atom stereocenters. The maximum Gasteiger partial charge on any atom is 0.285 e. The second kappa shape index (κ2) is 5.45. The van der Waals surface area contributed by atoms with Crippen LogP contribution < -0.4 is 5.32 Å². The van der Waals surface area contributed by atoms with Crippen molar-refractivity contribution >= 4 is 38.6 Å². The van der Waals surface area contributed by atoms with Crippen molar-refractivity contribution in [1.29, 1.82) is 0 Å². The third-order valence-electron chi connectivity index (χ3n) is 2.25. The molecule has 0 fully saturated rings. The van der Waals surface area contributed by atoms with Gasteiger partial charge >= 0.3 is 0 Å². The summed E-state index contributed by atoms with van der Waals surface area (Å²) in [5.41, 5.74) is 1.74. The largest absolute Gasteiger partial charge is 0.378 e. The molecule has 2 rings (SSSR count). The van der Waals surface area contributed by atoms with Crippen LogP contribution in [0, 0.1) is 17.0 Å². The van der Waals surface area contributed by atoms with Crippen molar-refractivity contribution in [2.75, 3.05) is 5.32 Å². The molecule has 1 aromatic carbocycles. The van der Waals surface area contributed by atoms with Crippen LogP contribution in [0.2, 0.25) is 0 Å². The molecule has 0 aliphatic rings. The summed E-state index contributed by atoms with van der Waals surface area (Å²) < 4.78 is 0.475. The summed E-state index contributed by atoms with van der Waals surface area (Å²) >= 11 is 4.72. The van der Waals surface area contributed by atoms with Crippen molar-refractivity contribution in [2.45, 2.75) is 13.5 Å². The maximum absolute atomic E-state index is 10.8. The van der Waals surface area contributed by atoms with E-state index >= 15 is 0 Å². The minimum absolute atomic E-state index is 0.0512. The fourth-order valence-electron chi connectivity index (χ4n) is 1.42. The zero-order chi connectivity index (χ0) is 13.1. The van der Waals surface area contributed by atoms with E-state index in [9.17, 15) is 10.1 Å². The van der Waals surface area contributed by atoms with Crippen LogP contribution in [0.1, 0.15) is 10.7 Å². The van der Waals surface area contributed by atoms with Gasteiger partial charge in [-0.2, -0.15) is 0 Å². The monoisotopic (exact) mass is 327 g/mol. The van der Waals surface area contributed by atoms with Gasteiger partial charge < -0.3 is 5.32 Å². The number of rotatable bonds is 4. The van der Waals surface area contributed by atoms with E-state index < -0.39 is 4.92 Å². The summed E-state index contributed by atoms with van der Waals surface area (Å²) in [6, 6.07) is 4.95. The number of hydrogen-bond acceptors (Lipinski definition) is 5. The van der Waals surface area contributed by atoms with Crippen LogP contribution in [0.4, 0.5) is 11.4 Å². The molecular formula is C11H10BrN3O2S. The van der Waals surface area contributed by atoms with Gasteiger partial charge in [-0.25, -0.2) is 4.98 Å². The Balaban J connectivity index is 2.10. The van der Waals surface area contributed by atoms with Crippen LogP contribution in [-0.4, -0.2) is 9.91 Å². The molecule has 1 N–H and O–H groups in total. The van der Waals surface area contributed by atoms with Crippen molar-refractivity contribution in [1.82, 2.24) is 4.98 Å². The molecule has 1 heterocycles. The minimum Gasteiger partial charge on any atom is -0.378 e. The summed E-state index contributed by atoms with van der Waals surface area (Å²) in [6.45, 7) is 2.50. The molecule has 2 aromatic rings. The molecule has 0 radical (unpaired) electrons. The van der Waals surface area contributed by atoms with Crippen molar-refractivity contribution in [2.24, 2.45) is 0 Å². The number of anilines is 1. The average molecular weight is 328 g/mol. The molecule has 0 amide bonds. The third-order valence-corrected chi connectivity index (χ3v) is 3.89. The average Bonchev–Trinajstić information content (AvgIpc) is 2.74. The quantitative estimate of drug-likeness (QED) is 0.686. The number of benzene rings is 1. The lowest BCUT2D eigenvalue weighted by atomic mass is 10.3. The molecule has 5 nitrogen and oxygen atoms in total. The van der Waals surface area contributed by atoms with Gasteiger partial charge in [-0.15, -0.1) is 11.3 Å². The van der Waals surface area contributed by atoms with E-state index in [1.54, 1.807) is 23.5 Å². The Morgan fingerprint density at radius 1 is 1.56 bits per heavy atom. The van der Waals surface area contributed by atoms with Crippen LogP contribution in [0.15, 0.2) is 28.1 Å². The molecule has 0 atom stereocenters. The molecule has 0 saturated heterocycles. The second-order valence-electron chi connectivity index (χ2n) is 3.66. The first-order chi connectivity index (χ1) is 8.56. The van der Waals surface area contributed by atoms with Gasteiger partial charge in [0, 0.05) is 22.8 Å². The highest BCUT2D eigenvalue weighted by Gasteiger charge is 2.12. The molecule has 0 saturated carbocycles. The van der Waals surface area contributed by atoms with Crippen molar-refractivity contribution in [3.8, 4) is 0 Å². The van der Waals surface area contributed by atoms with E-state index in [4.69, 9.17) is 0 Å². The smallest absolute Gasteiger partial charge is 0.285 e. The highest BCUT2D eigenvalue weighted by molar-refractivity contribution is 9.10. The van der Waals surface area contributed by atoms with Gasteiger partial charge in [0.05, 0.1) is 15.9 Å². The first kappa shape index (κ1) is 13.0. The topological polar surface area (TPSA) is 68.1 Å². The van der Waals surface area contributed by atoms with Gasteiger partial charge in [0.15, 0.2) is 0 Å². The Hall–Kier alpha value is -1.47. The Morgan fingerprint density at radius 3 is 2.94 bits per heavy atom. The summed E-state index contributed by atoms with van der Waals surface area (Å²) in [7, 11) is 0. The lowest BCUT2D eigenvalue weighted by Crippen LogP contribution is -2.00. The van der Waals surface area contributed by atoms with Crippen LogP contribution in [0.3, 0.4) is 0 Å². The SMILES string of the molecule is Cc1csc(CNc2ccc(Br)c([N+](=O)[O-])c2)n1. The van der Waals surface area contributed by atoms with E-state index in [2.05, 4.69) is 26.2 Å². The molecule has 0 aliphatic heterocycles. The highest BCUT2D eigenvalue weighted by Crippen LogP contribution is 2.28. The summed E-state index contributed by atoms with van der Waals surface area (Å²) in [5, 5.41) is 16.8. The van der Waals surface area contributed by atoms with E-state index in [-0.39, 0.29) is 5.69 Å². The van der Waals surface area contributed by atoms with Crippen LogP contribution in [0.25, 0.3) is 0 Å². The summed E-state index contributed by atoms with van der Waals surface area (Å²) in [6.07, 6.45) is 0. The fraction of sp³-hybridized carbons (Fsp3) is 0.182. The minimum atomic E-state index is -0.414. The molecule has 1 aromatic heterocycles. The van der Waals surface area contributed by atoms with Crippen LogP contribution >= 0.6 is 27.3 Å². The van der Waals surface area contributed by atoms with Gasteiger partial charge in [0.2, 0.25) is 0 Å². The van der Waals surface area contributed by atoms with E-state index in [1.807, 2.05) is 12.3 Å². The fourth-order valence-corrected chi connectivity index (χ4v) is 2.53. The van der Waals surface area contributed by atoms with Crippen LogP contribution in [0.5, 0.6) is 0 Å². The van der Waals surface area contributed by atoms with Crippen molar-refractivity contribution in [3.63, 3.8) is 0 Å². The van der Waals surface area contributed by atoms with Crippen molar-refractivity contribution < 1.29 is 4.92 Å². The molecule has 18 heavy (non-hydrogen) atoms. The normalized spacial score (nSPS) is 10.3. The summed E-state index contributed by atoms with van der Waals surface area (Å²) in [5.74, 6) is 0. The lowest BCUT2D eigenvalue weighted by molar-refractivity contribution is -0.385. The predicted octanol–water partition coefficient (Wildman–Crippen LogP) is 3.73. The molecule has 0 spiro atoms. The first-order valence-electron chi connectivity index (χ1n) is 5.15. The number of hydrogen-bond donors (Lipinski definition) is 1. The number of nitro benzene ring substituents is 1. The molecular weight excluding hydrogens is 318 g/mol. The van der Waals surface area contributed by atoms with Gasteiger partial charge in [0.1, 0.15) is 5.01 Å². The number of nitro groups is 1. The first-order valence-corrected chi connectivity index (χ1v) is 6.82. The number of halogens is 1. The number of nitrogens with one attached hydrogen (secondary N) is 1. The zero-order valence-electron chi connectivity index (χ0n) is 9.51. The summed E-state index contributed by atoms with van der Waals surface area (Å²) in [4.78, 5) is 14.7. The molecule has 0 aliphatic carbocycles. The molecule has 7 heteroatoms. The number of nitrogens with zero attached hydrogens (tertiary/aromatic N) is 2.